The highest BCUT2D eigenvalue weighted by molar-refractivity contribution is 7.92. The van der Waals surface area contributed by atoms with E-state index in [9.17, 15) is 18.0 Å². The summed E-state index contributed by atoms with van der Waals surface area (Å²) < 4.78 is 22.9. The standard InChI is InChI=1S/C9H16N2O6S/c12-7(8(13)14)5-11-9(15)10-4-6-2-1-3-18(6,16)17/h6-7,12H,1-5H2,(H,13,14)(H2,10,11,15). The Labute approximate surface area is 104 Å². The van der Waals surface area contributed by atoms with Crippen molar-refractivity contribution in [3.05, 3.63) is 0 Å². The van der Waals surface area contributed by atoms with Crippen LogP contribution in [0.1, 0.15) is 12.8 Å². The van der Waals surface area contributed by atoms with Crippen LogP contribution in [0.15, 0.2) is 0 Å². The van der Waals surface area contributed by atoms with E-state index >= 15 is 0 Å². The molecule has 4 N–H and O–H groups in total. The van der Waals surface area contributed by atoms with Gasteiger partial charge < -0.3 is 20.8 Å². The highest BCUT2D eigenvalue weighted by Crippen LogP contribution is 2.18. The van der Waals surface area contributed by atoms with Crippen LogP contribution >= 0.6 is 0 Å². The molecular weight excluding hydrogens is 264 g/mol. The molecule has 2 atom stereocenters. The van der Waals surface area contributed by atoms with E-state index in [1.165, 1.54) is 0 Å². The lowest BCUT2D eigenvalue weighted by atomic mass is 10.2. The number of aliphatic carboxylic acids is 1. The summed E-state index contributed by atoms with van der Waals surface area (Å²) in [5.41, 5.74) is 0. The number of carboxylic acid groups (broad SMARTS) is 1. The van der Waals surface area contributed by atoms with E-state index in [0.717, 1.165) is 0 Å². The third-order valence-corrected chi connectivity index (χ3v) is 4.97. The van der Waals surface area contributed by atoms with Gasteiger partial charge in [-0.25, -0.2) is 18.0 Å². The Bertz CT molecular complexity index is 421. The van der Waals surface area contributed by atoms with Gasteiger partial charge in [0.1, 0.15) is 0 Å². The Hall–Kier alpha value is -1.35. The van der Waals surface area contributed by atoms with Crippen molar-refractivity contribution in [3.63, 3.8) is 0 Å². The number of aliphatic hydroxyl groups is 1. The van der Waals surface area contributed by atoms with E-state index in [-0.39, 0.29) is 12.3 Å². The molecule has 0 aromatic carbocycles. The van der Waals surface area contributed by atoms with Crippen LogP contribution < -0.4 is 10.6 Å². The molecule has 1 fully saturated rings. The van der Waals surface area contributed by atoms with Crippen molar-refractivity contribution in [2.45, 2.75) is 24.2 Å². The molecule has 0 aliphatic carbocycles. The summed E-state index contributed by atoms with van der Waals surface area (Å²) in [7, 11) is -3.11. The Balaban J connectivity index is 2.27. The number of sulfone groups is 1. The molecule has 1 aliphatic rings. The number of nitrogens with one attached hydrogen (secondary N) is 2. The van der Waals surface area contributed by atoms with Crippen molar-refractivity contribution in [2.75, 3.05) is 18.8 Å². The number of rotatable bonds is 5. The van der Waals surface area contributed by atoms with E-state index in [2.05, 4.69) is 10.6 Å². The fourth-order valence-electron chi connectivity index (χ4n) is 1.63. The average Bonchev–Trinajstić information content (AvgIpc) is 2.62. The first kappa shape index (κ1) is 14.7. The number of urea groups is 1. The summed E-state index contributed by atoms with van der Waals surface area (Å²) >= 11 is 0. The van der Waals surface area contributed by atoms with Crippen LogP contribution in [0.25, 0.3) is 0 Å². The van der Waals surface area contributed by atoms with Gasteiger partial charge in [0.2, 0.25) is 0 Å². The first-order chi connectivity index (χ1) is 8.33. The Morgan fingerprint density at radius 3 is 2.50 bits per heavy atom. The normalized spacial score (nSPS) is 23.3. The van der Waals surface area contributed by atoms with E-state index in [1.54, 1.807) is 0 Å². The Morgan fingerprint density at radius 1 is 1.33 bits per heavy atom. The first-order valence-electron chi connectivity index (χ1n) is 5.47. The quantitative estimate of drug-likeness (QED) is 0.475. The number of carbonyl (C=O) groups excluding carboxylic acids is 1. The first-order valence-corrected chi connectivity index (χ1v) is 7.18. The number of amides is 2. The molecule has 1 aliphatic heterocycles. The molecule has 0 bridgehead atoms. The second-order valence-corrected chi connectivity index (χ2v) is 6.48. The third-order valence-electron chi connectivity index (χ3n) is 2.69. The molecule has 2 amide bonds. The maximum atomic E-state index is 11.4. The fourth-order valence-corrected chi connectivity index (χ4v) is 3.40. The van der Waals surface area contributed by atoms with Gasteiger partial charge in [0.25, 0.3) is 0 Å². The summed E-state index contributed by atoms with van der Waals surface area (Å²) in [6, 6.07) is -0.697. The number of hydrogen-bond donors (Lipinski definition) is 4. The molecular formula is C9H16N2O6S. The second kappa shape index (κ2) is 6.01. The summed E-state index contributed by atoms with van der Waals surface area (Å²) in [5.74, 6) is -1.30. The Morgan fingerprint density at radius 2 is 2.00 bits per heavy atom. The van der Waals surface area contributed by atoms with E-state index in [1.807, 2.05) is 0 Å². The number of aliphatic hydroxyl groups excluding tert-OH is 1. The summed E-state index contributed by atoms with van der Waals surface area (Å²) in [4.78, 5) is 21.5. The van der Waals surface area contributed by atoms with Gasteiger partial charge in [-0.3, -0.25) is 0 Å². The van der Waals surface area contributed by atoms with Crippen molar-refractivity contribution in [1.29, 1.82) is 0 Å². The topological polar surface area (TPSA) is 133 Å². The van der Waals surface area contributed by atoms with Crippen LogP contribution in [-0.2, 0) is 14.6 Å². The molecule has 104 valence electrons. The molecule has 9 heteroatoms. The maximum absolute atomic E-state index is 11.4. The Kier molecular flexibility index (Phi) is 4.91. The monoisotopic (exact) mass is 280 g/mol. The zero-order valence-corrected chi connectivity index (χ0v) is 10.4. The predicted molar refractivity (Wildman–Crippen MR) is 61.9 cm³/mol. The SMILES string of the molecule is O=C(NCC(O)C(=O)O)NCC1CCCS1(=O)=O. The van der Waals surface area contributed by atoms with Crippen LogP contribution in [0.2, 0.25) is 0 Å². The lowest BCUT2D eigenvalue weighted by Crippen LogP contribution is -2.44. The molecule has 0 saturated carbocycles. The van der Waals surface area contributed by atoms with Gasteiger partial charge in [-0.1, -0.05) is 0 Å². The van der Waals surface area contributed by atoms with Crippen LogP contribution in [0, 0.1) is 0 Å². The van der Waals surface area contributed by atoms with Gasteiger partial charge >= 0.3 is 12.0 Å². The summed E-state index contributed by atoms with van der Waals surface area (Å²) in [6.45, 7) is -0.435. The van der Waals surface area contributed by atoms with E-state index in [0.29, 0.717) is 12.8 Å². The molecule has 8 nitrogen and oxygen atoms in total. The zero-order valence-electron chi connectivity index (χ0n) is 9.63. The minimum atomic E-state index is -3.11. The number of carbonyl (C=O) groups is 2. The second-order valence-electron chi connectivity index (χ2n) is 4.08. The van der Waals surface area contributed by atoms with Gasteiger partial charge in [-0.15, -0.1) is 0 Å². The molecule has 0 radical (unpaired) electrons. The molecule has 1 rings (SSSR count). The lowest BCUT2D eigenvalue weighted by molar-refractivity contribution is -0.146. The highest BCUT2D eigenvalue weighted by Gasteiger charge is 2.31. The van der Waals surface area contributed by atoms with Crippen molar-refractivity contribution in [1.82, 2.24) is 10.6 Å². The van der Waals surface area contributed by atoms with Gasteiger partial charge in [-0.05, 0) is 12.8 Å². The molecule has 1 heterocycles. The van der Waals surface area contributed by atoms with Crippen LogP contribution in [0.4, 0.5) is 4.79 Å². The van der Waals surface area contributed by atoms with Crippen LogP contribution in [-0.4, -0.2) is 60.8 Å². The van der Waals surface area contributed by atoms with Crippen molar-refractivity contribution >= 4 is 21.8 Å². The predicted octanol–water partition coefficient (Wildman–Crippen LogP) is -1.69. The average molecular weight is 280 g/mol. The largest absolute Gasteiger partial charge is 0.479 e. The minimum Gasteiger partial charge on any atom is -0.479 e. The van der Waals surface area contributed by atoms with E-state index in [4.69, 9.17) is 10.2 Å². The van der Waals surface area contributed by atoms with E-state index < -0.39 is 39.7 Å². The summed E-state index contributed by atoms with van der Waals surface area (Å²) in [6.07, 6.45) is -0.569. The highest BCUT2D eigenvalue weighted by atomic mass is 32.2. The third kappa shape index (κ3) is 4.15. The lowest BCUT2D eigenvalue weighted by Gasteiger charge is -2.12. The molecule has 0 aromatic rings. The number of hydrogen-bond acceptors (Lipinski definition) is 5. The van der Waals surface area contributed by atoms with Gasteiger partial charge in [0.15, 0.2) is 15.9 Å². The van der Waals surface area contributed by atoms with Crippen molar-refractivity contribution < 1.29 is 28.2 Å². The van der Waals surface area contributed by atoms with Gasteiger partial charge in [0, 0.05) is 6.54 Å². The molecule has 18 heavy (non-hydrogen) atoms. The van der Waals surface area contributed by atoms with Crippen molar-refractivity contribution in [2.24, 2.45) is 0 Å². The fraction of sp³-hybridized carbons (Fsp3) is 0.778. The van der Waals surface area contributed by atoms with Gasteiger partial charge in [0.05, 0.1) is 17.5 Å². The summed E-state index contributed by atoms with van der Waals surface area (Å²) in [5, 5.41) is 21.2. The van der Waals surface area contributed by atoms with Gasteiger partial charge in [-0.2, -0.15) is 0 Å². The molecule has 0 aromatic heterocycles. The molecule has 0 spiro atoms. The maximum Gasteiger partial charge on any atom is 0.334 e. The zero-order chi connectivity index (χ0) is 13.8. The smallest absolute Gasteiger partial charge is 0.334 e. The minimum absolute atomic E-state index is 0.00265. The molecule has 1 saturated heterocycles. The van der Waals surface area contributed by atoms with Crippen molar-refractivity contribution in [3.8, 4) is 0 Å². The number of carboxylic acids is 1. The van der Waals surface area contributed by atoms with Crippen LogP contribution in [0.3, 0.4) is 0 Å². The van der Waals surface area contributed by atoms with Crippen LogP contribution in [0.5, 0.6) is 0 Å². The molecule has 2 unspecified atom stereocenters.